The van der Waals surface area contributed by atoms with E-state index in [1.54, 1.807) is 25.3 Å². The summed E-state index contributed by atoms with van der Waals surface area (Å²) >= 11 is 0. The fraction of sp³-hybridized carbons (Fsp3) is 0.231. The molecule has 1 aromatic carbocycles. The predicted molar refractivity (Wildman–Crippen MR) is 67.5 cm³/mol. The summed E-state index contributed by atoms with van der Waals surface area (Å²) in [7, 11) is 0. The minimum atomic E-state index is -0.927. The third-order valence-corrected chi connectivity index (χ3v) is 2.67. The fourth-order valence-electron chi connectivity index (χ4n) is 1.81. The van der Waals surface area contributed by atoms with Crippen LogP contribution in [0, 0.1) is 0 Å². The molecule has 1 atom stereocenters. The van der Waals surface area contributed by atoms with Crippen LogP contribution in [0.2, 0.25) is 0 Å². The highest BCUT2D eigenvalue weighted by Gasteiger charge is 2.12. The second-order valence-electron chi connectivity index (χ2n) is 4.25. The summed E-state index contributed by atoms with van der Waals surface area (Å²) in [6, 6.07) is 6.80. The van der Waals surface area contributed by atoms with Gasteiger partial charge in [-0.15, -0.1) is 0 Å². The highest BCUT2D eigenvalue weighted by Crippen LogP contribution is 2.14. The Morgan fingerprint density at radius 3 is 2.89 bits per heavy atom. The van der Waals surface area contributed by atoms with Crippen LogP contribution < -0.4 is 5.32 Å². The predicted octanol–water partition coefficient (Wildman–Crippen LogP) is 1.76. The number of carbonyl (C=O) groups excluding carboxylic acids is 1. The van der Waals surface area contributed by atoms with Gasteiger partial charge in [0.05, 0.1) is 6.42 Å². The second-order valence-corrected chi connectivity index (χ2v) is 4.25. The van der Waals surface area contributed by atoms with E-state index >= 15 is 0 Å². The topological polar surface area (TPSA) is 82.2 Å². The molecule has 5 heteroatoms. The van der Waals surface area contributed by atoms with Gasteiger partial charge in [0.2, 0.25) is 0 Å². The number of nitrogens with one attached hydrogen (secondary N) is 2. The van der Waals surface area contributed by atoms with Crippen molar-refractivity contribution >= 4 is 22.8 Å². The lowest BCUT2D eigenvalue weighted by Gasteiger charge is -2.11. The first-order valence-corrected chi connectivity index (χ1v) is 5.66. The molecule has 2 aromatic rings. The van der Waals surface area contributed by atoms with Gasteiger partial charge in [0.1, 0.15) is 0 Å². The molecule has 1 amide bonds. The number of aromatic amines is 1. The van der Waals surface area contributed by atoms with Crippen molar-refractivity contribution in [3.63, 3.8) is 0 Å². The lowest BCUT2D eigenvalue weighted by atomic mass is 10.1. The van der Waals surface area contributed by atoms with Gasteiger partial charge in [0, 0.05) is 28.7 Å². The van der Waals surface area contributed by atoms with E-state index in [4.69, 9.17) is 5.11 Å². The molecule has 0 spiro atoms. The Labute approximate surface area is 104 Å². The lowest BCUT2D eigenvalue weighted by molar-refractivity contribution is -0.137. The summed E-state index contributed by atoms with van der Waals surface area (Å²) < 4.78 is 0. The molecule has 5 nitrogen and oxygen atoms in total. The second kappa shape index (κ2) is 4.91. The van der Waals surface area contributed by atoms with E-state index in [1.165, 1.54) is 0 Å². The van der Waals surface area contributed by atoms with E-state index in [1.807, 2.05) is 12.1 Å². The monoisotopic (exact) mass is 246 g/mol. The van der Waals surface area contributed by atoms with Crippen molar-refractivity contribution in [3.8, 4) is 0 Å². The molecule has 0 bridgehead atoms. The molecule has 18 heavy (non-hydrogen) atoms. The number of hydrogen-bond donors (Lipinski definition) is 3. The average Bonchev–Trinajstić information content (AvgIpc) is 2.74. The van der Waals surface area contributed by atoms with Crippen LogP contribution in [-0.2, 0) is 4.79 Å². The Hall–Kier alpha value is -2.30. The Bertz CT molecular complexity index is 589. The average molecular weight is 246 g/mol. The number of rotatable bonds is 4. The zero-order valence-corrected chi connectivity index (χ0v) is 9.93. The molecule has 3 N–H and O–H groups in total. The molecule has 0 aliphatic rings. The van der Waals surface area contributed by atoms with Gasteiger partial charge in [-0.05, 0) is 31.2 Å². The number of carboxylic acid groups (broad SMARTS) is 1. The number of H-pyrrole nitrogens is 1. The van der Waals surface area contributed by atoms with E-state index in [2.05, 4.69) is 10.3 Å². The van der Waals surface area contributed by atoms with E-state index < -0.39 is 12.0 Å². The smallest absolute Gasteiger partial charge is 0.305 e. The van der Waals surface area contributed by atoms with Gasteiger partial charge < -0.3 is 15.4 Å². The van der Waals surface area contributed by atoms with Crippen LogP contribution in [0.5, 0.6) is 0 Å². The number of fused-ring (bicyclic) bond motifs is 1. The van der Waals surface area contributed by atoms with Gasteiger partial charge in [-0.3, -0.25) is 9.59 Å². The molecular weight excluding hydrogens is 232 g/mol. The first kappa shape index (κ1) is 12.2. The zero-order valence-electron chi connectivity index (χ0n) is 9.93. The van der Waals surface area contributed by atoms with Gasteiger partial charge in [0.25, 0.3) is 5.91 Å². The van der Waals surface area contributed by atoms with Crippen LogP contribution >= 0.6 is 0 Å². The fourth-order valence-corrected chi connectivity index (χ4v) is 1.81. The number of carboxylic acids is 1. The van der Waals surface area contributed by atoms with Crippen molar-refractivity contribution in [2.45, 2.75) is 19.4 Å². The Morgan fingerprint density at radius 1 is 1.39 bits per heavy atom. The molecule has 1 heterocycles. The van der Waals surface area contributed by atoms with E-state index in [-0.39, 0.29) is 12.3 Å². The molecule has 0 fully saturated rings. The van der Waals surface area contributed by atoms with E-state index in [9.17, 15) is 9.59 Å². The summed E-state index contributed by atoms with van der Waals surface area (Å²) in [5.41, 5.74) is 1.49. The summed E-state index contributed by atoms with van der Waals surface area (Å²) in [5, 5.41) is 12.2. The van der Waals surface area contributed by atoms with Crippen LogP contribution in [0.3, 0.4) is 0 Å². The Balaban J connectivity index is 2.10. The molecule has 2 rings (SSSR count). The molecular formula is C13H14N2O3. The van der Waals surface area contributed by atoms with Gasteiger partial charge in [-0.1, -0.05) is 0 Å². The maximum absolute atomic E-state index is 11.9. The third-order valence-electron chi connectivity index (χ3n) is 2.67. The standard InChI is InChI=1S/C13H14N2O3/c1-8(6-12(16)17)15-13(18)10-2-3-11-9(7-10)4-5-14-11/h2-5,7-8,14H,6H2,1H3,(H,15,18)(H,16,17). The van der Waals surface area contributed by atoms with Crippen molar-refractivity contribution in [2.75, 3.05) is 0 Å². The number of hydrogen-bond acceptors (Lipinski definition) is 2. The van der Waals surface area contributed by atoms with E-state index in [0.717, 1.165) is 10.9 Å². The van der Waals surface area contributed by atoms with E-state index in [0.29, 0.717) is 5.56 Å². The van der Waals surface area contributed by atoms with Crippen molar-refractivity contribution in [1.82, 2.24) is 10.3 Å². The van der Waals surface area contributed by atoms with Crippen molar-refractivity contribution < 1.29 is 14.7 Å². The number of amides is 1. The van der Waals surface area contributed by atoms with Crippen LogP contribution in [0.1, 0.15) is 23.7 Å². The zero-order chi connectivity index (χ0) is 13.1. The Kier molecular flexibility index (Phi) is 3.32. The van der Waals surface area contributed by atoms with Crippen LogP contribution in [0.4, 0.5) is 0 Å². The molecule has 0 aliphatic heterocycles. The summed E-state index contributed by atoms with van der Waals surface area (Å²) in [5.74, 6) is -1.18. The molecule has 0 aliphatic carbocycles. The molecule has 0 saturated carbocycles. The maximum atomic E-state index is 11.9. The Morgan fingerprint density at radius 2 is 2.17 bits per heavy atom. The third kappa shape index (κ3) is 2.68. The van der Waals surface area contributed by atoms with Gasteiger partial charge in [0.15, 0.2) is 0 Å². The summed E-state index contributed by atoms with van der Waals surface area (Å²) in [4.78, 5) is 25.4. The van der Waals surface area contributed by atoms with Crippen LogP contribution in [-0.4, -0.2) is 28.0 Å². The van der Waals surface area contributed by atoms with Gasteiger partial charge in [-0.25, -0.2) is 0 Å². The van der Waals surface area contributed by atoms with Crippen molar-refractivity contribution in [2.24, 2.45) is 0 Å². The highest BCUT2D eigenvalue weighted by atomic mass is 16.4. The first-order chi connectivity index (χ1) is 8.56. The normalized spacial score (nSPS) is 12.3. The first-order valence-electron chi connectivity index (χ1n) is 5.66. The van der Waals surface area contributed by atoms with Crippen LogP contribution in [0.25, 0.3) is 10.9 Å². The highest BCUT2D eigenvalue weighted by molar-refractivity contribution is 5.98. The quantitative estimate of drug-likeness (QED) is 0.768. The van der Waals surface area contributed by atoms with Crippen LogP contribution in [0.15, 0.2) is 30.5 Å². The molecule has 1 unspecified atom stereocenters. The van der Waals surface area contributed by atoms with Gasteiger partial charge >= 0.3 is 5.97 Å². The summed E-state index contributed by atoms with van der Waals surface area (Å²) in [6.45, 7) is 1.67. The number of benzene rings is 1. The molecule has 94 valence electrons. The molecule has 0 saturated heterocycles. The molecule has 0 radical (unpaired) electrons. The number of carbonyl (C=O) groups is 2. The van der Waals surface area contributed by atoms with Crippen molar-refractivity contribution in [1.29, 1.82) is 0 Å². The minimum absolute atomic E-state index is 0.0852. The number of aliphatic carboxylic acids is 1. The minimum Gasteiger partial charge on any atom is -0.481 e. The van der Waals surface area contributed by atoms with Gasteiger partial charge in [-0.2, -0.15) is 0 Å². The molecule has 1 aromatic heterocycles. The summed E-state index contributed by atoms with van der Waals surface area (Å²) in [6.07, 6.45) is 1.72. The maximum Gasteiger partial charge on any atom is 0.305 e. The largest absolute Gasteiger partial charge is 0.481 e. The number of aromatic nitrogens is 1. The SMILES string of the molecule is CC(CC(=O)O)NC(=O)c1ccc2[nH]ccc2c1. The lowest BCUT2D eigenvalue weighted by Crippen LogP contribution is -2.34. The van der Waals surface area contributed by atoms with Crippen molar-refractivity contribution in [3.05, 3.63) is 36.0 Å².